The van der Waals surface area contributed by atoms with Gasteiger partial charge in [-0.2, -0.15) is 0 Å². The van der Waals surface area contributed by atoms with Crippen LogP contribution in [0.4, 0.5) is 5.69 Å². The third-order valence-corrected chi connectivity index (χ3v) is 6.04. The summed E-state index contributed by atoms with van der Waals surface area (Å²) in [5.41, 5.74) is 1.70. The van der Waals surface area contributed by atoms with Crippen molar-refractivity contribution in [2.24, 2.45) is 0 Å². The Morgan fingerprint density at radius 1 is 1.24 bits per heavy atom. The maximum atomic E-state index is 12.1. The van der Waals surface area contributed by atoms with Crippen molar-refractivity contribution in [2.45, 2.75) is 57.6 Å². The number of aliphatic hydroxyl groups excluding tert-OH is 1. The molecule has 0 saturated carbocycles. The molecule has 1 amide bonds. The molecule has 1 aliphatic heterocycles. The number of hydrogen-bond donors (Lipinski definition) is 2. The normalized spacial score (nSPS) is 16.7. The SMILES string of the molecule is CCCCCC(O)c1ccc(N2C(=O)C[C@@H]2CC#Cc2ccc(C(=O)O)s2)cc1. The number of benzene rings is 1. The van der Waals surface area contributed by atoms with Crippen molar-refractivity contribution < 1.29 is 19.8 Å². The Kier molecular flexibility index (Phi) is 7.08. The van der Waals surface area contributed by atoms with Crippen molar-refractivity contribution >= 4 is 28.9 Å². The molecule has 6 heteroatoms. The fourth-order valence-electron chi connectivity index (χ4n) is 3.39. The van der Waals surface area contributed by atoms with Gasteiger partial charge in [-0.05, 0) is 36.2 Å². The second-order valence-corrected chi connectivity index (χ2v) is 8.28. The molecule has 1 saturated heterocycles. The van der Waals surface area contributed by atoms with Gasteiger partial charge in [-0.25, -0.2) is 4.79 Å². The van der Waals surface area contributed by atoms with Crippen LogP contribution in [0.2, 0.25) is 0 Å². The molecule has 1 fully saturated rings. The molecule has 1 unspecified atom stereocenters. The third kappa shape index (κ3) is 5.26. The smallest absolute Gasteiger partial charge is 0.345 e. The number of anilines is 1. The van der Waals surface area contributed by atoms with Crippen LogP contribution in [0.1, 0.15) is 71.7 Å². The maximum Gasteiger partial charge on any atom is 0.345 e. The zero-order valence-electron chi connectivity index (χ0n) is 16.4. The first kappa shape index (κ1) is 21.1. The van der Waals surface area contributed by atoms with Crippen LogP contribution in [-0.4, -0.2) is 28.1 Å². The van der Waals surface area contributed by atoms with Crippen LogP contribution in [0.15, 0.2) is 36.4 Å². The van der Waals surface area contributed by atoms with Crippen LogP contribution in [0.25, 0.3) is 0 Å². The average molecular weight is 412 g/mol. The minimum absolute atomic E-state index is 0.0224. The van der Waals surface area contributed by atoms with Crippen molar-refractivity contribution in [1.82, 2.24) is 0 Å². The van der Waals surface area contributed by atoms with Gasteiger partial charge in [-0.3, -0.25) is 4.79 Å². The van der Waals surface area contributed by atoms with Crippen LogP contribution < -0.4 is 4.90 Å². The van der Waals surface area contributed by atoms with E-state index in [4.69, 9.17) is 5.11 Å². The molecule has 2 heterocycles. The quantitative estimate of drug-likeness (QED) is 0.378. The largest absolute Gasteiger partial charge is 0.477 e. The number of carboxylic acid groups (broad SMARTS) is 1. The molecule has 0 bridgehead atoms. The van der Waals surface area contributed by atoms with Gasteiger partial charge in [-0.15, -0.1) is 11.3 Å². The number of carbonyl (C=O) groups excluding carboxylic acids is 1. The van der Waals surface area contributed by atoms with Crippen molar-refractivity contribution in [2.75, 3.05) is 4.90 Å². The standard InChI is InChI=1S/C23H25NO4S/c1-2-3-4-8-20(25)16-9-11-17(12-10-16)24-18(15-22(24)26)6-5-7-19-13-14-21(29-19)23(27)28/h9-14,18,20,25H,2-4,6,8,15H2,1H3,(H,27,28)/t18-,20?/m0/s1. The van der Waals surface area contributed by atoms with E-state index in [1.54, 1.807) is 17.0 Å². The predicted octanol–water partition coefficient (Wildman–Crippen LogP) is 4.61. The molecule has 3 rings (SSSR count). The minimum atomic E-state index is -0.947. The molecule has 2 N–H and O–H groups in total. The molecule has 1 aliphatic rings. The summed E-state index contributed by atoms with van der Waals surface area (Å²) in [6, 6.07) is 10.8. The lowest BCUT2D eigenvalue weighted by atomic mass is 9.96. The van der Waals surface area contributed by atoms with Gasteiger partial charge in [0.15, 0.2) is 0 Å². The summed E-state index contributed by atoms with van der Waals surface area (Å²) < 4.78 is 0. The van der Waals surface area contributed by atoms with Crippen molar-refractivity contribution in [1.29, 1.82) is 0 Å². The Labute approximate surface area is 175 Å². The summed E-state index contributed by atoms with van der Waals surface area (Å²) >= 11 is 1.15. The van der Waals surface area contributed by atoms with Crippen LogP contribution in [0, 0.1) is 11.8 Å². The van der Waals surface area contributed by atoms with Gasteiger partial charge in [0.25, 0.3) is 0 Å². The first-order valence-corrected chi connectivity index (χ1v) is 10.7. The summed E-state index contributed by atoms with van der Waals surface area (Å²) in [6.45, 7) is 2.14. The molecule has 5 nitrogen and oxygen atoms in total. The Balaban J connectivity index is 1.59. The minimum Gasteiger partial charge on any atom is -0.477 e. The molecular weight excluding hydrogens is 386 g/mol. The monoisotopic (exact) mass is 411 g/mol. The zero-order valence-corrected chi connectivity index (χ0v) is 17.2. The van der Waals surface area contributed by atoms with Crippen LogP contribution >= 0.6 is 11.3 Å². The van der Waals surface area contributed by atoms with Crippen molar-refractivity contribution in [3.63, 3.8) is 0 Å². The van der Waals surface area contributed by atoms with Gasteiger partial charge in [0, 0.05) is 18.5 Å². The number of unbranched alkanes of at least 4 members (excludes halogenated alkanes) is 2. The topological polar surface area (TPSA) is 77.8 Å². The number of β-lactam (4-membered cyclic amide) rings is 1. The van der Waals surface area contributed by atoms with Gasteiger partial charge in [0.1, 0.15) is 4.88 Å². The number of nitrogens with zero attached hydrogens (tertiary/aromatic N) is 1. The Bertz CT molecular complexity index is 922. The van der Waals surface area contributed by atoms with E-state index in [0.717, 1.165) is 48.3 Å². The fourth-order valence-corrected chi connectivity index (χ4v) is 4.11. The number of amides is 1. The van der Waals surface area contributed by atoms with Gasteiger partial charge >= 0.3 is 5.97 Å². The maximum absolute atomic E-state index is 12.1. The predicted molar refractivity (Wildman–Crippen MR) is 114 cm³/mol. The van der Waals surface area contributed by atoms with Gasteiger partial charge in [0.05, 0.1) is 17.0 Å². The van der Waals surface area contributed by atoms with Crippen LogP contribution in [0.5, 0.6) is 0 Å². The Hall–Kier alpha value is -2.62. The number of aromatic carboxylic acids is 1. The lowest BCUT2D eigenvalue weighted by Gasteiger charge is -2.39. The van der Waals surface area contributed by atoms with Crippen molar-refractivity contribution in [3.8, 4) is 11.8 Å². The van der Waals surface area contributed by atoms with E-state index < -0.39 is 12.1 Å². The molecule has 0 radical (unpaired) electrons. The molecule has 0 aliphatic carbocycles. The first-order valence-electron chi connectivity index (χ1n) is 9.91. The highest BCUT2D eigenvalue weighted by Crippen LogP contribution is 2.31. The van der Waals surface area contributed by atoms with Crippen molar-refractivity contribution in [3.05, 3.63) is 51.7 Å². The summed E-state index contributed by atoms with van der Waals surface area (Å²) in [4.78, 5) is 25.8. The van der Waals surface area contributed by atoms with Crippen LogP contribution in [0.3, 0.4) is 0 Å². The van der Waals surface area contributed by atoms with E-state index in [9.17, 15) is 14.7 Å². The first-order chi connectivity index (χ1) is 14.0. The number of rotatable bonds is 8. The number of carbonyl (C=O) groups is 2. The highest BCUT2D eigenvalue weighted by Gasteiger charge is 2.36. The molecule has 1 aromatic heterocycles. The highest BCUT2D eigenvalue weighted by atomic mass is 32.1. The van der Waals surface area contributed by atoms with Crippen LogP contribution in [-0.2, 0) is 4.79 Å². The summed E-state index contributed by atoms with van der Waals surface area (Å²) in [5, 5.41) is 19.2. The van der Waals surface area contributed by atoms with Gasteiger partial charge < -0.3 is 15.1 Å². The average Bonchev–Trinajstić information content (AvgIpc) is 3.17. The van der Waals surface area contributed by atoms with Gasteiger partial charge in [0.2, 0.25) is 5.91 Å². The van der Waals surface area contributed by atoms with E-state index in [0.29, 0.717) is 17.7 Å². The second kappa shape index (κ2) is 9.73. The number of hydrogen-bond acceptors (Lipinski definition) is 4. The lowest BCUT2D eigenvalue weighted by molar-refractivity contribution is -0.124. The third-order valence-electron chi connectivity index (χ3n) is 5.05. The lowest BCUT2D eigenvalue weighted by Crippen LogP contribution is -2.52. The number of carboxylic acids is 1. The molecule has 152 valence electrons. The molecule has 0 spiro atoms. The number of aliphatic hydroxyl groups is 1. The summed E-state index contributed by atoms with van der Waals surface area (Å²) in [5.74, 6) is 5.18. The summed E-state index contributed by atoms with van der Waals surface area (Å²) in [6.07, 6.45) is 4.52. The Morgan fingerprint density at radius 3 is 2.62 bits per heavy atom. The molecule has 29 heavy (non-hydrogen) atoms. The second-order valence-electron chi connectivity index (χ2n) is 7.20. The fraction of sp³-hybridized carbons (Fsp3) is 0.391. The molecule has 2 aromatic rings. The van der Waals surface area contributed by atoms with E-state index in [-0.39, 0.29) is 16.8 Å². The van der Waals surface area contributed by atoms with E-state index in [1.165, 1.54) is 0 Å². The van der Waals surface area contributed by atoms with E-state index >= 15 is 0 Å². The summed E-state index contributed by atoms with van der Waals surface area (Å²) in [7, 11) is 0. The molecule has 2 atom stereocenters. The highest BCUT2D eigenvalue weighted by molar-refractivity contribution is 7.14. The van der Waals surface area contributed by atoms with E-state index in [1.807, 2.05) is 24.3 Å². The number of thiophene rings is 1. The molecule has 1 aromatic carbocycles. The van der Waals surface area contributed by atoms with Gasteiger partial charge in [-0.1, -0.05) is 50.2 Å². The zero-order chi connectivity index (χ0) is 20.8. The Morgan fingerprint density at radius 2 is 2.00 bits per heavy atom. The molecular formula is C23H25NO4S. The van der Waals surface area contributed by atoms with E-state index in [2.05, 4.69) is 18.8 Å².